The Kier molecular flexibility index (Phi) is 6.30. The number of rotatable bonds is 7. The Balaban J connectivity index is 1.66. The lowest BCUT2D eigenvalue weighted by Crippen LogP contribution is -2.24. The van der Waals surface area contributed by atoms with Gasteiger partial charge in [0.1, 0.15) is 6.10 Å². The van der Waals surface area contributed by atoms with E-state index in [0.29, 0.717) is 13.2 Å². The smallest absolute Gasteiger partial charge is 0.157 e. The molecule has 1 fully saturated rings. The Bertz CT molecular complexity index is 335. The van der Waals surface area contributed by atoms with Crippen molar-refractivity contribution in [1.82, 2.24) is 0 Å². The van der Waals surface area contributed by atoms with Gasteiger partial charge in [0.15, 0.2) is 6.29 Å². The van der Waals surface area contributed by atoms with E-state index in [2.05, 4.69) is 0 Å². The largest absolute Gasteiger partial charge is 0.393 e. The van der Waals surface area contributed by atoms with Gasteiger partial charge in [-0.2, -0.15) is 0 Å². The third-order valence-electron chi connectivity index (χ3n) is 3.18. The van der Waals surface area contributed by atoms with Crippen molar-refractivity contribution in [3.63, 3.8) is 0 Å². The van der Waals surface area contributed by atoms with Gasteiger partial charge in [-0.05, 0) is 24.8 Å². The van der Waals surface area contributed by atoms with Crippen LogP contribution in [0.3, 0.4) is 0 Å². The third kappa shape index (κ3) is 4.91. The summed E-state index contributed by atoms with van der Waals surface area (Å²) in [5, 5.41) is 9.34. The normalized spacial score (nSPS) is 21.2. The summed E-state index contributed by atoms with van der Waals surface area (Å²) in [6.45, 7) is 1.72. The van der Waals surface area contributed by atoms with E-state index in [0.717, 1.165) is 31.4 Å². The predicted molar refractivity (Wildman–Crippen MR) is 71.8 cm³/mol. The minimum Gasteiger partial charge on any atom is -0.393 e. The van der Waals surface area contributed by atoms with Crippen molar-refractivity contribution in [2.24, 2.45) is 0 Å². The van der Waals surface area contributed by atoms with Crippen LogP contribution in [0.2, 0.25) is 0 Å². The average Bonchev–Trinajstić information content (AvgIpc) is 2.49. The molecule has 0 aromatic heterocycles. The maximum Gasteiger partial charge on any atom is 0.157 e. The fraction of sp³-hybridized carbons (Fsp3) is 0.600. The van der Waals surface area contributed by atoms with Crippen LogP contribution in [0.4, 0.5) is 0 Å². The van der Waals surface area contributed by atoms with E-state index < -0.39 is 0 Å². The molecule has 0 amide bonds. The molecule has 0 bridgehead atoms. The fourth-order valence-electron chi connectivity index (χ4n) is 2.13. The molecule has 2 rings (SSSR count). The maximum absolute atomic E-state index is 9.34. The summed E-state index contributed by atoms with van der Waals surface area (Å²) in [5.74, 6) is 0. The van der Waals surface area contributed by atoms with Gasteiger partial charge >= 0.3 is 0 Å². The molecule has 0 spiro atoms. The Morgan fingerprint density at radius 1 is 1.21 bits per heavy atom. The van der Waals surface area contributed by atoms with Gasteiger partial charge in [0, 0.05) is 6.61 Å². The number of ether oxygens (including phenoxy) is 3. The standard InChI is InChI=1S/C15H22O4/c16-12-14(13-6-2-1-3-7-13)17-10-11-19-15-8-4-5-9-18-15/h1-3,6-7,14-16H,4-5,8-12H2/t14-,15?/m0/s1. The van der Waals surface area contributed by atoms with Crippen LogP contribution in [-0.2, 0) is 14.2 Å². The summed E-state index contributed by atoms with van der Waals surface area (Å²) < 4.78 is 16.7. The number of hydrogen-bond donors (Lipinski definition) is 1. The fourth-order valence-corrected chi connectivity index (χ4v) is 2.13. The molecule has 1 aliphatic rings. The van der Waals surface area contributed by atoms with Crippen LogP contribution in [0.5, 0.6) is 0 Å². The van der Waals surface area contributed by atoms with Gasteiger partial charge < -0.3 is 19.3 Å². The quantitative estimate of drug-likeness (QED) is 0.769. The van der Waals surface area contributed by atoms with Crippen molar-refractivity contribution >= 4 is 0 Å². The zero-order valence-electron chi connectivity index (χ0n) is 11.2. The van der Waals surface area contributed by atoms with E-state index in [-0.39, 0.29) is 19.0 Å². The van der Waals surface area contributed by atoms with Crippen LogP contribution >= 0.6 is 0 Å². The monoisotopic (exact) mass is 266 g/mol. The molecule has 0 radical (unpaired) electrons. The predicted octanol–water partition coefficient (Wildman–Crippen LogP) is 2.28. The van der Waals surface area contributed by atoms with Gasteiger partial charge in [0.05, 0.1) is 19.8 Å². The van der Waals surface area contributed by atoms with Crippen molar-refractivity contribution in [3.05, 3.63) is 35.9 Å². The molecular formula is C15H22O4. The molecule has 4 nitrogen and oxygen atoms in total. The molecule has 2 atom stereocenters. The minimum absolute atomic E-state index is 0.0239. The Morgan fingerprint density at radius 2 is 2.05 bits per heavy atom. The summed E-state index contributed by atoms with van der Waals surface area (Å²) in [5.41, 5.74) is 0.985. The highest BCUT2D eigenvalue weighted by molar-refractivity contribution is 5.17. The molecule has 1 aliphatic heterocycles. The van der Waals surface area contributed by atoms with E-state index in [1.807, 2.05) is 30.3 Å². The molecule has 1 aromatic rings. The second kappa shape index (κ2) is 8.27. The molecule has 1 N–H and O–H groups in total. The lowest BCUT2D eigenvalue weighted by molar-refractivity contribution is -0.172. The van der Waals surface area contributed by atoms with E-state index in [4.69, 9.17) is 14.2 Å². The molecule has 1 heterocycles. The summed E-state index contributed by atoms with van der Waals surface area (Å²) in [6, 6.07) is 9.72. The first-order valence-electron chi connectivity index (χ1n) is 6.91. The van der Waals surface area contributed by atoms with E-state index in [1.54, 1.807) is 0 Å². The first-order chi connectivity index (χ1) is 9.40. The molecule has 1 saturated heterocycles. The Morgan fingerprint density at radius 3 is 2.74 bits per heavy atom. The van der Waals surface area contributed by atoms with Gasteiger partial charge in [0.2, 0.25) is 0 Å². The molecule has 0 aliphatic carbocycles. The maximum atomic E-state index is 9.34. The van der Waals surface area contributed by atoms with Crippen LogP contribution in [0, 0.1) is 0 Å². The highest BCUT2D eigenvalue weighted by Crippen LogP contribution is 2.17. The van der Waals surface area contributed by atoms with Gasteiger partial charge in [-0.25, -0.2) is 0 Å². The highest BCUT2D eigenvalue weighted by Gasteiger charge is 2.14. The molecule has 1 unspecified atom stereocenters. The van der Waals surface area contributed by atoms with Gasteiger partial charge in [-0.3, -0.25) is 0 Å². The number of hydrogen-bond acceptors (Lipinski definition) is 4. The average molecular weight is 266 g/mol. The lowest BCUT2D eigenvalue weighted by Gasteiger charge is -2.23. The van der Waals surface area contributed by atoms with Crippen LogP contribution in [-0.4, -0.2) is 37.8 Å². The summed E-state index contributed by atoms with van der Waals surface area (Å²) >= 11 is 0. The number of aliphatic hydroxyl groups excluding tert-OH is 1. The summed E-state index contributed by atoms with van der Waals surface area (Å²) in [4.78, 5) is 0. The molecule has 106 valence electrons. The third-order valence-corrected chi connectivity index (χ3v) is 3.18. The molecule has 19 heavy (non-hydrogen) atoms. The molecule has 0 saturated carbocycles. The summed E-state index contributed by atoms with van der Waals surface area (Å²) in [7, 11) is 0. The second-order valence-electron chi connectivity index (χ2n) is 4.62. The van der Waals surface area contributed by atoms with E-state index >= 15 is 0 Å². The minimum atomic E-state index is -0.280. The number of benzene rings is 1. The van der Waals surface area contributed by atoms with Gasteiger partial charge in [-0.1, -0.05) is 30.3 Å². The van der Waals surface area contributed by atoms with Gasteiger partial charge in [-0.15, -0.1) is 0 Å². The van der Waals surface area contributed by atoms with Crippen molar-refractivity contribution in [2.75, 3.05) is 26.4 Å². The highest BCUT2D eigenvalue weighted by atomic mass is 16.7. The van der Waals surface area contributed by atoms with Crippen molar-refractivity contribution < 1.29 is 19.3 Å². The van der Waals surface area contributed by atoms with Crippen LogP contribution in [0.15, 0.2) is 30.3 Å². The SMILES string of the molecule is OC[C@H](OCCOC1CCCCO1)c1ccccc1. The summed E-state index contributed by atoms with van der Waals surface area (Å²) in [6.07, 6.45) is 2.88. The topological polar surface area (TPSA) is 47.9 Å². The first kappa shape index (κ1) is 14.5. The Hall–Kier alpha value is -0.940. The van der Waals surface area contributed by atoms with Crippen molar-refractivity contribution in [2.45, 2.75) is 31.7 Å². The molecular weight excluding hydrogens is 244 g/mol. The van der Waals surface area contributed by atoms with Crippen LogP contribution in [0.1, 0.15) is 30.9 Å². The van der Waals surface area contributed by atoms with Gasteiger partial charge in [0.25, 0.3) is 0 Å². The van der Waals surface area contributed by atoms with Crippen LogP contribution in [0.25, 0.3) is 0 Å². The molecule has 4 heteroatoms. The second-order valence-corrected chi connectivity index (χ2v) is 4.62. The van der Waals surface area contributed by atoms with E-state index in [1.165, 1.54) is 0 Å². The van der Waals surface area contributed by atoms with Crippen molar-refractivity contribution in [3.8, 4) is 0 Å². The van der Waals surface area contributed by atoms with Crippen molar-refractivity contribution in [1.29, 1.82) is 0 Å². The zero-order valence-corrected chi connectivity index (χ0v) is 11.2. The molecule has 1 aromatic carbocycles. The zero-order chi connectivity index (χ0) is 13.3. The first-order valence-corrected chi connectivity index (χ1v) is 6.91. The number of aliphatic hydroxyl groups is 1. The van der Waals surface area contributed by atoms with E-state index in [9.17, 15) is 5.11 Å². The lowest BCUT2D eigenvalue weighted by atomic mass is 10.1. The van der Waals surface area contributed by atoms with Crippen LogP contribution < -0.4 is 0 Å². The Labute approximate surface area is 114 Å².